The van der Waals surface area contributed by atoms with Crippen LogP contribution in [0.2, 0.25) is 0 Å². The van der Waals surface area contributed by atoms with Crippen molar-refractivity contribution in [2.24, 2.45) is 0 Å². The van der Waals surface area contributed by atoms with Crippen LogP contribution >= 0.6 is 23.1 Å². The second-order valence-corrected chi connectivity index (χ2v) is 9.94. The number of thioether (sulfide) groups is 1. The number of carbonyl (C=O) groups is 1. The number of rotatable bonds is 6. The molecular formula is C24H23N3O3S2. The predicted molar refractivity (Wildman–Crippen MR) is 128 cm³/mol. The highest BCUT2D eigenvalue weighted by atomic mass is 32.2. The summed E-state index contributed by atoms with van der Waals surface area (Å²) >= 11 is 2.91. The summed E-state index contributed by atoms with van der Waals surface area (Å²) in [5, 5.41) is 4.14. The number of furan rings is 1. The van der Waals surface area contributed by atoms with Crippen molar-refractivity contribution >= 4 is 39.2 Å². The topological polar surface area (TPSA) is 77.1 Å². The van der Waals surface area contributed by atoms with Crippen molar-refractivity contribution in [3.63, 3.8) is 0 Å². The van der Waals surface area contributed by atoms with Gasteiger partial charge in [0.2, 0.25) is 5.91 Å². The first kappa shape index (κ1) is 21.0. The Morgan fingerprint density at radius 3 is 2.94 bits per heavy atom. The molecule has 1 aliphatic rings. The van der Waals surface area contributed by atoms with Gasteiger partial charge in [-0.2, -0.15) is 0 Å². The van der Waals surface area contributed by atoms with Crippen molar-refractivity contribution in [2.75, 3.05) is 5.75 Å². The van der Waals surface area contributed by atoms with Crippen LogP contribution in [0.1, 0.15) is 34.6 Å². The minimum absolute atomic E-state index is 0.0431. The molecule has 5 rings (SSSR count). The second kappa shape index (κ2) is 8.96. The summed E-state index contributed by atoms with van der Waals surface area (Å²) in [4.78, 5) is 33.1. The number of aryl methyl sites for hydroxylation is 3. The number of thiophene rings is 1. The van der Waals surface area contributed by atoms with Crippen LogP contribution in [-0.4, -0.2) is 21.2 Å². The fourth-order valence-electron chi connectivity index (χ4n) is 4.06. The Morgan fingerprint density at radius 1 is 1.25 bits per heavy atom. The Kier molecular flexibility index (Phi) is 5.89. The molecule has 0 fully saturated rings. The maximum atomic E-state index is 13.7. The minimum Gasteiger partial charge on any atom is -0.467 e. The molecule has 0 atom stereocenters. The quantitative estimate of drug-likeness (QED) is 0.332. The molecule has 0 saturated heterocycles. The van der Waals surface area contributed by atoms with Crippen LogP contribution in [0.15, 0.2) is 57.0 Å². The Bertz CT molecular complexity index is 1340. The van der Waals surface area contributed by atoms with Crippen LogP contribution in [0.4, 0.5) is 0 Å². The summed E-state index contributed by atoms with van der Waals surface area (Å²) in [6, 6.07) is 11.4. The van der Waals surface area contributed by atoms with Gasteiger partial charge in [-0.05, 0) is 68.0 Å². The number of hydrogen-bond donors (Lipinski definition) is 1. The van der Waals surface area contributed by atoms with Gasteiger partial charge in [-0.15, -0.1) is 11.3 Å². The summed E-state index contributed by atoms with van der Waals surface area (Å²) in [6.07, 6.45) is 5.79. The van der Waals surface area contributed by atoms with Gasteiger partial charge in [0.05, 0.1) is 29.6 Å². The van der Waals surface area contributed by atoms with E-state index in [1.165, 1.54) is 22.2 Å². The number of amides is 1. The maximum Gasteiger partial charge on any atom is 0.267 e. The summed E-state index contributed by atoms with van der Waals surface area (Å²) < 4.78 is 6.93. The van der Waals surface area contributed by atoms with Crippen molar-refractivity contribution in [1.82, 2.24) is 14.9 Å². The Morgan fingerprint density at radius 2 is 2.12 bits per heavy atom. The van der Waals surface area contributed by atoms with E-state index in [0.29, 0.717) is 17.5 Å². The summed E-state index contributed by atoms with van der Waals surface area (Å²) in [6.45, 7) is 2.34. The molecule has 3 heterocycles. The van der Waals surface area contributed by atoms with Gasteiger partial charge < -0.3 is 9.73 Å². The number of benzene rings is 1. The third-order valence-corrected chi connectivity index (χ3v) is 7.71. The SMILES string of the molecule is Cc1cccc(-n2c(SCC(=O)NCc3ccco3)nc3sc4c(c3c2=O)CCCC4)c1. The molecule has 32 heavy (non-hydrogen) atoms. The van der Waals surface area contributed by atoms with Gasteiger partial charge in [-0.1, -0.05) is 23.9 Å². The van der Waals surface area contributed by atoms with Gasteiger partial charge in [-0.3, -0.25) is 14.2 Å². The monoisotopic (exact) mass is 465 g/mol. The van der Waals surface area contributed by atoms with E-state index in [2.05, 4.69) is 5.32 Å². The van der Waals surface area contributed by atoms with Gasteiger partial charge in [0, 0.05) is 4.88 Å². The van der Waals surface area contributed by atoms with E-state index in [1.54, 1.807) is 28.2 Å². The minimum atomic E-state index is -0.137. The zero-order valence-electron chi connectivity index (χ0n) is 17.7. The van der Waals surface area contributed by atoms with E-state index in [1.807, 2.05) is 37.3 Å². The van der Waals surface area contributed by atoms with Crippen molar-refractivity contribution in [2.45, 2.75) is 44.3 Å². The van der Waals surface area contributed by atoms with E-state index in [-0.39, 0.29) is 17.2 Å². The van der Waals surface area contributed by atoms with Crippen LogP contribution in [0.25, 0.3) is 15.9 Å². The predicted octanol–water partition coefficient (Wildman–Crippen LogP) is 4.64. The Labute approximate surface area is 193 Å². The lowest BCUT2D eigenvalue weighted by Gasteiger charge is -2.14. The van der Waals surface area contributed by atoms with Gasteiger partial charge >= 0.3 is 0 Å². The molecule has 1 N–H and O–H groups in total. The molecule has 0 saturated carbocycles. The van der Waals surface area contributed by atoms with Crippen LogP contribution in [-0.2, 0) is 24.2 Å². The van der Waals surface area contributed by atoms with E-state index in [9.17, 15) is 9.59 Å². The van der Waals surface area contributed by atoms with Crippen LogP contribution in [0.3, 0.4) is 0 Å². The second-order valence-electron chi connectivity index (χ2n) is 7.91. The highest BCUT2D eigenvalue weighted by Crippen LogP contribution is 2.35. The first-order chi connectivity index (χ1) is 15.6. The Balaban J connectivity index is 1.51. The zero-order chi connectivity index (χ0) is 22.1. The molecule has 1 aromatic carbocycles. The molecule has 4 aromatic rings. The smallest absolute Gasteiger partial charge is 0.267 e. The number of nitrogens with one attached hydrogen (secondary N) is 1. The van der Waals surface area contributed by atoms with E-state index in [4.69, 9.17) is 9.40 Å². The molecule has 8 heteroatoms. The number of hydrogen-bond acceptors (Lipinski definition) is 6. The lowest BCUT2D eigenvalue weighted by atomic mass is 9.97. The molecule has 0 bridgehead atoms. The molecule has 1 aliphatic carbocycles. The van der Waals surface area contributed by atoms with E-state index in [0.717, 1.165) is 47.2 Å². The van der Waals surface area contributed by atoms with Crippen molar-refractivity contribution in [3.8, 4) is 5.69 Å². The first-order valence-corrected chi connectivity index (χ1v) is 12.5. The standard InChI is InChI=1S/C24H23N3O3S2/c1-15-6-4-7-16(12-15)27-23(29)21-18-9-2-3-10-19(18)32-22(21)26-24(27)31-14-20(28)25-13-17-8-5-11-30-17/h4-8,11-12H,2-3,9-10,13-14H2,1H3,(H,25,28). The lowest BCUT2D eigenvalue weighted by Crippen LogP contribution is -2.26. The normalized spacial score (nSPS) is 13.3. The van der Waals surface area contributed by atoms with Crippen LogP contribution in [0.5, 0.6) is 0 Å². The summed E-state index contributed by atoms with van der Waals surface area (Å²) in [5.74, 6) is 0.723. The lowest BCUT2D eigenvalue weighted by molar-refractivity contribution is -0.118. The fourth-order valence-corrected chi connectivity index (χ4v) is 6.20. The van der Waals surface area contributed by atoms with E-state index < -0.39 is 0 Å². The van der Waals surface area contributed by atoms with Gasteiger partial charge in [0.15, 0.2) is 5.16 Å². The molecule has 1 amide bonds. The molecule has 0 unspecified atom stereocenters. The third-order valence-electron chi connectivity index (χ3n) is 5.59. The molecular weight excluding hydrogens is 442 g/mol. The van der Waals surface area contributed by atoms with Gasteiger partial charge in [0.1, 0.15) is 10.6 Å². The van der Waals surface area contributed by atoms with Gasteiger partial charge in [-0.25, -0.2) is 4.98 Å². The van der Waals surface area contributed by atoms with Crippen LogP contribution < -0.4 is 10.9 Å². The van der Waals surface area contributed by atoms with Crippen LogP contribution in [0, 0.1) is 6.92 Å². The fraction of sp³-hybridized carbons (Fsp3) is 0.292. The van der Waals surface area contributed by atoms with Gasteiger partial charge in [0.25, 0.3) is 5.56 Å². The third kappa shape index (κ3) is 4.12. The highest BCUT2D eigenvalue weighted by molar-refractivity contribution is 7.99. The van der Waals surface area contributed by atoms with Crippen molar-refractivity contribution in [3.05, 3.63) is 74.8 Å². The first-order valence-electron chi connectivity index (χ1n) is 10.7. The molecule has 6 nitrogen and oxygen atoms in total. The molecule has 0 aliphatic heterocycles. The molecule has 3 aromatic heterocycles. The molecule has 0 spiro atoms. The largest absolute Gasteiger partial charge is 0.467 e. The average molecular weight is 466 g/mol. The molecule has 0 radical (unpaired) electrons. The Hall–Kier alpha value is -2.84. The summed E-state index contributed by atoms with van der Waals surface area (Å²) in [7, 11) is 0. The number of fused-ring (bicyclic) bond motifs is 3. The van der Waals surface area contributed by atoms with E-state index >= 15 is 0 Å². The molecule has 164 valence electrons. The van der Waals surface area contributed by atoms with Crippen molar-refractivity contribution < 1.29 is 9.21 Å². The number of nitrogens with zero attached hydrogens (tertiary/aromatic N) is 2. The maximum absolute atomic E-state index is 13.7. The number of aromatic nitrogens is 2. The average Bonchev–Trinajstić information content (AvgIpc) is 3.43. The highest BCUT2D eigenvalue weighted by Gasteiger charge is 2.23. The summed E-state index contributed by atoms with van der Waals surface area (Å²) in [5.41, 5.74) is 2.97. The zero-order valence-corrected chi connectivity index (χ0v) is 19.4. The van der Waals surface area contributed by atoms with Crippen molar-refractivity contribution in [1.29, 1.82) is 0 Å². The number of carbonyl (C=O) groups excluding carboxylic acids is 1.